The lowest BCUT2D eigenvalue weighted by atomic mass is 9.81. The van der Waals surface area contributed by atoms with Gasteiger partial charge in [0.25, 0.3) is 0 Å². The molecule has 0 aromatic carbocycles. The number of ether oxygens (including phenoxy) is 1. The fourth-order valence-electron chi connectivity index (χ4n) is 3.84. The molecule has 1 heterocycles. The van der Waals surface area contributed by atoms with Crippen LogP contribution in [0.1, 0.15) is 52.9 Å². The van der Waals surface area contributed by atoms with E-state index in [0.717, 1.165) is 38.8 Å². The molecule has 0 radical (unpaired) electrons. The second-order valence-electron chi connectivity index (χ2n) is 6.99. The second-order valence-corrected chi connectivity index (χ2v) is 6.99. The van der Waals surface area contributed by atoms with Gasteiger partial charge >= 0.3 is 0 Å². The number of carbonyl (C=O) groups excluding carboxylic acids is 1. The van der Waals surface area contributed by atoms with Crippen molar-refractivity contribution < 1.29 is 9.53 Å². The highest BCUT2D eigenvalue weighted by molar-refractivity contribution is 5.82. The molecular formula is C17H29N3O2. The zero-order chi connectivity index (χ0) is 16.3. The summed E-state index contributed by atoms with van der Waals surface area (Å²) in [7, 11) is 1.81. The molecule has 0 spiro atoms. The number of amides is 1. The fourth-order valence-corrected chi connectivity index (χ4v) is 3.84. The standard InChI is InChI=1S/C17H29N3O2/c1-13-10-20(11-14(2)22-13)15(3)16(21)19(4)17(12-18)8-6-5-7-9-17/h13-15H,5-11H2,1-4H3. The average Bonchev–Trinajstić information content (AvgIpc) is 2.52. The first-order valence-electron chi connectivity index (χ1n) is 8.48. The zero-order valence-electron chi connectivity index (χ0n) is 14.3. The van der Waals surface area contributed by atoms with Crippen molar-refractivity contribution in [2.24, 2.45) is 0 Å². The molecule has 3 atom stereocenters. The Morgan fingerprint density at radius 2 is 1.82 bits per heavy atom. The topological polar surface area (TPSA) is 56.6 Å². The van der Waals surface area contributed by atoms with Crippen LogP contribution in [0.3, 0.4) is 0 Å². The van der Waals surface area contributed by atoms with Gasteiger partial charge in [0.05, 0.1) is 24.3 Å². The van der Waals surface area contributed by atoms with E-state index < -0.39 is 5.54 Å². The number of likely N-dealkylation sites (N-methyl/N-ethyl adjacent to an activating group) is 1. The van der Waals surface area contributed by atoms with Crippen LogP contribution in [0.15, 0.2) is 0 Å². The highest BCUT2D eigenvalue weighted by Crippen LogP contribution is 2.33. The van der Waals surface area contributed by atoms with E-state index in [4.69, 9.17) is 4.74 Å². The molecule has 2 rings (SSSR count). The van der Waals surface area contributed by atoms with Crippen LogP contribution >= 0.6 is 0 Å². The predicted molar refractivity (Wildman–Crippen MR) is 85.2 cm³/mol. The van der Waals surface area contributed by atoms with E-state index in [1.807, 2.05) is 20.8 Å². The second kappa shape index (κ2) is 6.97. The Hall–Kier alpha value is -1.12. The summed E-state index contributed by atoms with van der Waals surface area (Å²) in [5.41, 5.74) is -0.604. The van der Waals surface area contributed by atoms with Crippen molar-refractivity contribution in [1.82, 2.24) is 9.80 Å². The number of nitriles is 1. The zero-order valence-corrected chi connectivity index (χ0v) is 14.3. The lowest BCUT2D eigenvalue weighted by Crippen LogP contribution is -2.58. The minimum atomic E-state index is -0.604. The SMILES string of the molecule is CC1CN(C(C)C(=O)N(C)C2(C#N)CCCCC2)CC(C)O1. The van der Waals surface area contributed by atoms with Crippen LogP contribution in [0.4, 0.5) is 0 Å². The number of hydrogen-bond acceptors (Lipinski definition) is 4. The van der Waals surface area contributed by atoms with Crippen molar-refractivity contribution in [1.29, 1.82) is 5.26 Å². The number of hydrogen-bond donors (Lipinski definition) is 0. The van der Waals surface area contributed by atoms with Crippen LogP contribution in [0.5, 0.6) is 0 Å². The van der Waals surface area contributed by atoms with E-state index in [-0.39, 0.29) is 24.2 Å². The average molecular weight is 307 g/mol. The summed E-state index contributed by atoms with van der Waals surface area (Å²) in [6.45, 7) is 7.58. The van der Waals surface area contributed by atoms with Gasteiger partial charge in [0.15, 0.2) is 0 Å². The Balaban J connectivity index is 2.07. The first kappa shape index (κ1) is 17.2. The number of morpholine rings is 1. The van der Waals surface area contributed by atoms with Gasteiger partial charge in [0, 0.05) is 20.1 Å². The van der Waals surface area contributed by atoms with Gasteiger partial charge in [0.2, 0.25) is 5.91 Å². The van der Waals surface area contributed by atoms with E-state index in [1.165, 1.54) is 6.42 Å². The van der Waals surface area contributed by atoms with E-state index in [2.05, 4.69) is 11.0 Å². The van der Waals surface area contributed by atoms with Gasteiger partial charge in [-0.2, -0.15) is 5.26 Å². The van der Waals surface area contributed by atoms with Crippen LogP contribution in [-0.2, 0) is 9.53 Å². The van der Waals surface area contributed by atoms with Crippen LogP contribution in [-0.4, -0.2) is 59.6 Å². The van der Waals surface area contributed by atoms with Crippen molar-refractivity contribution in [2.45, 2.75) is 76.7 Å². The minimum Gasteiger partial charge on any atom is -0.373 e. The van der Waals surface area contributed by atoms with Gasteiger partial charge in [-0.05, 0) is 33.6 Å². The Kier molecular flexibility index (Phi) is 5.46. The molecule has 2 fully saturated rings. The molecule has 1 aliphatic carbocycles. The molecule has 3 unspecified atom stereocenters. The molecule has 22 heavy (non-hydrogen) atoms. The maximum atomic E-state index is 12.9. The first-order chi connectivity index (χ1) is 10.4. The Labute approximate surface area is 134 Å². The molecule has 5 heteroatoms. The Bertz CT molecular complexity index is 430. The largest absolute Gasteiger partial charge is 0.373 e. The third kappa shape index (κ3) is 3.44. The van der Waals surface area contributed by atoms with E-state index in [0.29, 0.717) is 0 Å². The summed E-state index contributed by atoms with van der Waals surface area (Å²) < 4.78 is 5.75. The summed E-state index contributed by atoms with van der Waals surface area (Å²) in [4.78, 5) is 16.8. The maximum absolute atomic E-state index is 12.9. The van der Waals surface area contributed by atoms with Crippen molar-refractivity contribution in [3.05, 3.63) is 0 Å². The van der Waals surface area contributed by atoms with Crippen LogP contribution in [0.2, 0.25) is 0 Å². The maximum Gasteiger partial charge on any atom is 0.240 e. The van der Waals surface area contributed by atoms with Gasteiger partial charge < -0.3 is 9.64 Å². The van der Waals surface area contributed by atoms with Gasteiger partial charge in [-0.15, -0.1) is 0 Å². The Morgan fingerprint density at radius 3 is 2.32 bits per heavy atom. The molecule has 0 bridgehead atoms. The van der Waals surface area contributed by atoms with Crippen LogP contribution in [0, 0.1) is 11.3 Å². The van der Waals surface area contributed by atoms with E-state index >= 15 is 0 Å². The molecule has 2 aliphatic rings. The van der Waals surface area contributed by atoms with Gasteiger partial charge in [-0.25, -0.2) is 0 Å². The van der Waals surface area contributed by atoms with Crippen molar-refractivity contribution in [3.8, 4) is 6.07 Å². The predicted octanol–water partition coefficient (Wildman–Crippen LogP) is 2.17. The van der Waals surface area contributed by atoms with E-state index in [1.54, 1.807) is 11.9 Å². The molecule has 1 amide bonds. The summed E-state index contributed by atoms with van der Waals surface area (Å²) in [6.07, 6.45) is 5.12. The monoisotopic (exact) mass is 307 g/mol. The quantitative estimate of drug-likeness (QED) is 0.802. The smallest absolute Gasteiger partial charge is 0.240 e. The van der Waals surface area contributed by atoms with Crippen molar-refractivity contribution in [2.75, 3.05) is 20.1 Å². The molecule has 1 saturated carbocycles. The highest BCUT2D eigenvalue weighted by atomic mass is 16.5. The fraction of sp³-hybridized carbons (Fsp3) is 0.882. The number of carbonyl (C=O) groups is 1. The van der Waals surface area contributed by atoms with Crippen molar-refractivity contribution in [3.63, 3.8) is 0 Å². The van der Waals surface area contributed by atoms with Gasteiger partial charge in [0.1, 0.15) is 5.54 Å². The molecule has 5 nitrogen and oxygen atoms in total. The molecule has 0 aromatic heterocycles. The minimum absolute atomic E-state index is 0.0600. The number of rotatable bonds is 3. The van der Waals surface area contributed by atoms with Gasteiger partial charge in [-0.3, -0.25) is 9.69 Å². The van der Waals surface area contributed by atoms with Gasteiger partial charge in [-0.1, -0.05) is 19.3 Å². The molecule has 1 aliphatic heterocycles. The third-order valence-corrected chi connectivity index (χ3v) is 5.21. The summed E-state index contributed by atoms with van der Waals surface area (Å²) in [5.74, 6) is 0.0600. The lowest BCUT2D eigenvalue weighted by molar-refractivity contribution is -0.145. The molecular weight excluding hydrogens is 278 g/mol. The highest BCUT2D eigenvalue weighted by Gasteiger charge is 2.41. The number of nitrogens with zero attached hydrogens (tertiary/aromatic N) is 3. The summed E-state index contributed by atoms with van der Waals surface area (Å²) in [6, 6.07) is 2.23. The van der Waals surface area contributed by atoms with E-state index in [9.17, 15) is 10.1 Å². The van der Waals surface area contributed by atoms with Crippen molar-refractivity contribution >= 4 is 5.91 Å². The molecule has 1 saturated heterocycles. The summed E-state index contributed by atoms with van der Waals surface area (Å²) in [5, 5.41) is 9.66. The normalized spacial score (nSPS) is 30.3. The molecule has 0 N–H and O–H groups in total. The lowest BCUT2D eigenvalue weighted by Gasteiger charge is -2.43. The first-order valence-corrected chi connectivity index (χ1v) is 8.48. The molecule has 0 aromatic rings. The van der Waals surface area contributed by atoms with Crippen LogP contribution in [0.25, 0.3) is 0 Å². The Morgan fingerprint density at radius 1 is 1.27 bits per heavy atom. The third-order valence-electron chi connectivity index (χ3n) is 5.21. The summed E-state index contributed by atoms with van der Waals surface area (Å²) >= 11 is 0. The molecule has 124 valence electrons. The van der Waals surface area contributed by atoms with Crippen LogP contribution < -0.4 is 0 Å².